The number of ether oxygens (including phenoxy) is 2. The molecule has 1 saturated heterocycles. The molecular weight excluding hydrogens is 482 g/mol. The van der Waals surface area contributed by atoms with Gasteiger partial charge in [0.25, 0.3) is 15.9 Å². The summed E-state index contributed by atoms with van der Waals surface area (Å²) in [5.74, 6) is 0.0958. The molecule has 2 aromatic carbocycles. The van der Waals surface area contributed by atoms with Crippen molar-refractivity contribution in [3.05, 3.63) is 78.6 Å². The lowest BCUT2D eigenvalue weighted by molar-refractivity contribution is -0.124. The Kier molecular flexibility index (Phi) is 8.55. The molecule has 0 saturated carbocycles. The van der Waals surface area contributed by atoms with Gasteiger partial charge < -0.3 is 9.47 Å². The fourth-order valence-corrected chi connectivity index (χ4v) is 5.04. The van der Waals surface area contributed by atoms with E-state index in [-0.39, 0.29) is 4.90 Å². The Balaban J connectivity index is 1.34. The van der Waals surface area contributed by atoms with Crippen LogP contribution < -0.4 is 10.2 Å². The molecule has 4 rings (SSSR count). The first kappa shape index (κ1) is 25.6. The molecule has 1 aliphatic heterocycles. The van der Waals surface area contributed by atoms with Gasteiger partial charge in [0.05, 0.1) is 24.7 Å². The van der Waals surface area contributed by atoms with Crippen LogP contribution in [0.2, 0.25) is 0 Å². The van der Waals surface area contributed by atoms with Crippen LogP contribution in [0, 0.1) is 0 Å². The minimum absolute atomic E-state index is 0.144. The highest BCUT2D eigenvalue weighted by Gasteiger charge is 2.16. The summed E-state index contributed by atoms with van der Waals surface area (Å²) in [5, 5.41) is 8.54. The Labute approximate surface area is 210 Å². The van der Waals surface area contributed by atoms with Crippen molar-refractivity contribution in [1.82, 2.24) is 14.4 Å². The average Bonchev–Trinajstić information content (AvgIpc) is 3.41. The van der Waals surface area contributed by atoms with Gasteiger partial charge >= 0.3 is 0 Å². The first-order valence-electron chi connectivity index (χ1n) is 11.6. The molecule has 190 valence electrons. The average molecular weight is 512 g/mol. The smallest absolute Gasteiger partial charge is 0.267 e. The minimum Gasteiger partial charge on any atom is -0.494 e. The molecule has 2 N–H and O–H groups in total. The molecule has 0 radical (unpaired) electrons. The zero-order chi connectivity index (χ0) is 25.4. The van der Waals surface area contributed by atoms with Gasteiger partial charge in [-0.25, -0.2) is 17.9 Å². The standard InChI is InChI=1S/C26H29N3O6S/c30-26(27-31)11-2-21-12-14-29(20-21)36(32,33)25-9-5-23(6-10-25)22-3-7-24(8-4-22)35-17-1-13-28-15-18-34-19-16-28/h2-12,14,20,31H,1,13,15-19H2,(H,27,30). The van der Waals surface area contributed by atoms with Crippen LogP contribution in [0.4, 0.5) is 0 Å². The summed E-state index contributed by atoms with van der Waals surface area (Å²) in [4.78, 5) is 13.6. The topological polar surface area (TPSA) is 110 Å². The first-order chi connectivity index (χ1) is 17.5. The molecule has 1 fully saturated rings. The van der Waals surface area contributed by atoms with Crippen molar-refractivity contribution in [1.29, 1.82) is 0 Å². The van der Waals surface area contributed by atoms with Crippen LogP contribution >= 0.6 is 0 Å². The van der Waals surface area contributed by atoms with Crippen LogP contribution in [-0.4, -0.2) is 67.9 Å². The maximum absolute atomic E-state index is 13.0. The van der Waals surface area contributed by atoms with Gasteiger partial charge in [-0.2, -0.15) is 0 Å². The Morgan fingerprint density at radius 3 is 2.36 bits per heavy atom. The summed E-state index contributed by atoms with van der Waals surface area (Å²) in [6, 6.07) is 16.0. The van der Waals surface area contributed by atoms with E-state index in [0.29, 0.717) is 12.2 Å². The first-order valence-corrected chi connectivity index (χ1v) is 13.1. The van der Waals surface area contributed by atoms with E-state index in [9.17, 15) is 13.2 Å². The molecule has 2 heterocycles. The highest BCUT2D eigenvalue weighted by Crippen LogP contribution is 2.25. The number of aromatic nitrogens is 1. The van der Waals surface area contributed by atoms with E-state index in [1.165, 1.54) is 23.9 Å². The Morgan fingerprint density at radius 1 is 1.03 bits per heavy atom. The van der Waals surface area contributed by atoms with Crippen molar-refractivity contribution in [2.75, 3.05) is 39.5 Å². The second-order valence-corrected chi connectivity index (χ2v) is 10.1. The lowest BCUT2D eigenvalue weighted by Crippen LogP contribution is -2.37. The highest BCUT2D eigenvalue weighted by atomic mass is 32.2. The zero-order valence-electron chi connectivity index (χ0n) is 19.7. The SMILES string of the molecule is O=C(C=Cc1ccn(S(=O)(=O)c2ccc(-c3ccc(OCCCN4CCOCC4)cc3)cc2)c1)NO. The summed E-state index contributed by atoms with van der Waals surface area (Å²) in [5.41, 5.74) is 3.82. The maximum atomic E-state index is 13.0. The molecule has 0 aliphatic carbocycles. The van der Waals surface area contributed by atoms with Gasteiger partial charge in [0.15, 0.2) is 0 Å². The summed E-state index contributed by atoms with van der Waals surface area (Å²) in [6.07, 6.45) is 6.25. The monoisotopic (exact) mass is 511 g/mol. The number of carbonyl (C=O) groups excluding carboxylic acids is 1. The highest BCUT2D eigenvalue weighted by molar-refractivity contribution is 7.90. The predicted octanol–water partition coefficient (Wildman–Crippen LogP) is 3.01. The molecule has 0 atom stereocenters. The van der Waals surface area contributed by atoms with E-state index in [1.807, 2.05) is 24.3 Å². The molecule has 1 aromatic heterocycles. The third-order valence-electron chi connectivity index (χ3n) is 5.84. The molecule has 9 nitrogen and oxygen atoms in total. The van der Waals surface area contributed by atoms with E-state index in [1.54, 1.807) is 30.3 Å². The number of rotatable bonds is 10. The van der Waals surface area contributed by atoms with Crippen molar-refractivity contribution in [3.8, 4) is 16.9 Å². The van der Waals surface area contributed by atoms with E-state index < -0.39 is 15.9 Å². The number of nitrogens with zero attached hydrogens (tertiary/aromatic N) is 2. The van der Waals surface area contributed by atoms with Crippen LogP contribution in [0.15, 0.2) is 78.0 Å². The maximum Gasteiger partial charge on any atom is 0.267 e. The predicted molar refractivity (Wildman–Crippen MR) is 135 cm³/mol. The van der Waals surface area contributed by atoms with Gasteiger partial charge in [-0.15, -0.1) is 0 Å². The molecular formula is C26H29N3O6S. The minimum atomic E-state index is -3.79. The summed E-state index contributed by atoms with van der Waals surface area (Å²) in [7, 11) is -3.79. The summed E-state index contributed by atoms with van der Waals surface area (Å²) < 4.78 is 38.2. The Bertz CT molecular complexity index is 1280. The molecule has 0 bridgehead atoms. The van der Waals surface area contributed by atoms with E-state index in [0.717, 1.165) is 66.2 Å². The molecule has 0 unspecified atom stereocenters. The van der Waals surface area contributed by atoms with E-state index in [4.69, 9.17) is 14.7 Å². The van der Waals surface area contributed by atoms with Gasteiger partial charge in [0, 0.05) is 38.1 Å². The van der Waals surface area contributed by atoms with Crippen molar-refractivity contribution < 1.29 is 27.9 Å². The van der Waals surface area contributed by atoms with Crippen LogP contribution in [0.5, 0.6) is 5.75 Å². The van der Waals surface area contributed by atoms with Crippen LogP contribution in [0.3, 0.4) is 0 Å². The fourth-order valence-electron chi connectivity index (χ4n) is 3.84. The second-order valence-electron chi connectivity index (χ2n) is 8.29. The molecule has 1 aliphatic rings. The van der Waals surface area contributed by atoms with Gasteiger partial charge in [0.1, 0.15) is 5.75 Å². The van der Waals surface area contributed by atoms with Crippen LogP contribution in [-0.2, 0) is 19.6 Å². The number of hydrogen-bond donors (Lipinski definition) is 2. The van der Waals surface area contributed by atoms with E-state index >= 15 is 0 Å². The van der Waals surface area contributed by atoms with Crippen molar-refractivity contribution in [3.63, 3.8) is 0 Å². The second kappa shape index (κ2) is 12.0. The molecule has 10 heteroatoms. The van der Waals surface area contributed by atoms with Crippen LogP contribution in [0.1, 0.15) is 12.0 Å². The zero-order valence-corrected chi connectivity index (χ0v) is 20.6. The van der Waals surface area contributed by atoms with Gasteiger partial charge in [-0.1, -0.05) is 24.3 Å². The van der Waals surface area contributed by atoms with Crippen molar-refractivity contribution in [2.24, 2.45) is 0 Å². The van der Waals surface area contributed by atoms with Crippen molar-refractivity contribution in [2.45, 2.75) is 11.3 Å². The lowest BCUT2D eigenvalue weighted by Gasteiger charge is -2.26. The number of hydroxylamine groups is 1. The van der Waals surface area contributed by atoms with Crippen molar-refractivity contribution >= 4 is 22.0 Å². The lowest BCUT2D eigenvalue weighted by atomic mass is 10.1. The molecule has 3 aromatic rings. The van der Waals surface area contributed by atoms with Crippen LogP contribution in [0.25, 0.3) is 17.2 Å². The number of nitrogens with one attached hydrogen (secondary N) is 1. The van der Waals surface area contributed by atoms with E-state index in [2.05, 4.69) is 4.90 Å². The third-order valence-corrected chi connectivity index (χ3v) is 7.49. The number of amides is 1. The number of morpholine rings is 1. The number of hydrogen-bond acceptors (Lipinski definition) is 7. The van der Waals surface area contributed by atoms with Gasteiger partial charge in [-0.05, 0) is 59.5 Å². The van der Waals surface area contributed by atoms with Gasteiger partial charge in [0.2, 0.25) is 0 Å². The Hall–Kier alpha value is -3.44. The third kappa shape index (κ3) is 6.61. The summed E-state index contributed by atoms with van der Waals surface area (Å²) >= 11 is 0. The quantitative estimate of drug-likeness (QED) is 0.186. The number of carbonyl (C=O) groups is 1. The number of benzene rings is 2. The molecule has 1 amide bonds. The fraction of sp³-hybridized carbons (Fsp3) is 0.269. The molecule has 36 heavy (non-hydrogen) atoms. The summed E-state index contributed by atoms with van der Waals surface area (Å²) in [6.45, 7) is 5.20. The normalized spacial score (nSPS) is 14.7. The largest absolute Gasteiger partial charge is 0.494 e. The Morgan fingerprint density at radius 2 is 1.69 bits per heavy atom. The van der Waals surface area contributed by atoms with Gasteiger partial charge in [-0.3, -0.25) is 14.9 Å². The molecule has 0 spiro atoms.